The zero-order valence-electron chi connectivity index (χ0n) is 11.4. The van der Waals surface area contributed by atoms with Crippen LogP contribution in [0, 0.1) is 0 Å². The first-order chi connectivity index (χ1) is 9.49. The zero-order valence-corrected chi connectivity index (χ0v) is 12.9. The molecule has 20 heavy (non-hydrogen) atoms. The zero-order chi connectivity index (χ0) is 14.7. The number of aromatic nitrogens is 1. The molecule has 1 heterocycles. The summed E-state index contributed by atoms with van der Waals surface area (Å²) in [5.41, 5.74) is 7.52. The summed E-state index contributed by atoms with van der Waals surface area (Å²) >= 11 is 10.8. The highest BCUT2D eigenvalue weighted by Gasteiger charge is 2.13. The summed E-state index contributed by atoms with van der Waals surface area (Å²) in [6.07, 6.45) is 1.70. The average molecular weight is 306 g/mol. The Morgan fingerprint density at radius 3 is 2.40 bits per heavy atom. The molecule has 0 saturated carbocycles. The van der Waals surface area contributed by atoms with Crippen LogP contribution in [-0.2, 0) is 0 Å². The molecule has 1 aromatic heterocycles. The van der Waals surface area contributed by atoms with Gasteiger partial charge in [-0.3, -0.25) is 0 Å². The minimum Gasteiger partial charge on any atom is -0.389 e. The second-order valence-corrected chi connectivity index (χ2v) is 5.48. The van der Waals surface area contributed by atoms with E-state index >= 15 is 0 Å². The molecule has 5 heteroatoms. The van der Waals surface area contributed by atoms with Crippen molar-refractivity contribution in [2.45, 2.75) is 13.0 Å². The number of hydrogen-bond acceptors (Lipinski definition) is 3. The third-order valence-electron chi connectivity index (χ3n) is 3.33. The number of pyridine rings is 1. The Kier molecular flexibility index (Phi) is 4.57. The molecule has 104 valence electrons. The lowest BCUT2D eigenvalue weighted by atomic mass is 10.1. The predicted molar refractivity (Wildman–Crippen MR) is 88.4 cm³/mol. The minimum atomic E-state index is 0.190. The van der Waals surface area contributed by atoms with E-state index in [0.29, 0.717) is 4.99 Å². The Morgan fingerprint density at radius 2 is 1.90 bits per heavy atom. The van der Waals surface area contributed by atoms with E-state index in [-0.39, 0.29) is 6.04 Å². The Balaban J connectivity index is 2.19. The van der Waals surface area contributed by atoms with Crippen molar-refractivity contribution in [2.75, 3.05) is 11.9 Å². The van der Waals surface area contributed by atoms with E-state index in [1.807, 2.05) is 43.4 Å². The molecule has 0 aliphatic carbocycles. The van der Waals surface area contributed by atoms with E-state index in [0.717, 1.165) is 16.4 Å². The van der Waals surface area contributed by atoms with Gasteiger partial charge in [0.15, 0.2) is 0 Å². The van der Waals surface area contributed by atoms with E-state index in [1.165, 1.54) is 5.56 Å². The lowest BCUT2D eigenvalue weighted by Gasteiger charge is -2.26. The highest BCUT2D eigenvalue weighted by atomic mass is 35.5. The van der Waals surface area contributed by atoms with E-state index in [1.54, 1.807) is 6.20 Å². The number of rotatable bonds is 4. The van der Waals surface area contributed by atoms with E-state index in [2.05, 4.69) is 16.8 Å². The third kappa shape index (κ3) is 3.26. The molecule has 0 aliphatic rings. The van der Waals surface area contributed by atoms with Crippen molar-refractivity contribution in [3.8, 4) is 0 Å². The molecule has 1 unspecified atom stereocenters. The molecule has 1 aromatic carbocycles. The second-order valence-electron chi connectivity index (χ2n) is 4.61. The van der Waals surface area contributed by atoms with Gasteiger partial charge in [0.1, 0.15) is 10.8 Å². The third-order valence-corrected chi connectivity index (χ3v) is 3.81. The van der Waals surface area contributed by atoms with Crippen LogP contribution in [0.3, 0.4) is 0 Å². The fourth-order valence-corrected chi connectivity index (χ4v) is 2.15. The topological polar surface area (TPSA) is 42.1 Å². The quantitative estimate of drug-likeness (QED) is 0.877. The van der Waals surface area contributed by atoms with Crippen LogP contribution in [0.2, 0.25) is 5.02 Å². The highest BCUT2D eigenvalue weighted by molar-refractivity contribution is 7.80. The van der Waals surface area contributed by atoms with Gasteiger partial charge in [0.25, 0.3) is 0 Å². The molecular weight excluding hydrogens is 290 g/mol. The van der Waals surface area contributed by atoms with Crippen LogP contribution in [0.5, 0.6) is 0 Å². The number of nitrogens with two attached hydrogens (primary N) is 1. The van der Waals surface area contributed by atoms with E-state index in [9.17, 15) is 0 Å². The van der Waals surface area contributed by atoms with Gasteiger partial charge in [-0.2, -0.15) is 0 Å². The molecule has 0 fully saturated rings. The summed E-state index contributed by atoms with van der Waals surface area (Å²) in [6, 6.07) is 11.8. The molecule has 0 bridgehead atoms. The number of hydrogen-bond donors (Lipinski definition) is 1. The smallest absolute Gasteiger partial charge is 0.128 e. The predicted octanol–water partition coefficient (Wildman–Crippen LogP) is 3.57. The SMILES string of the molecule is CC(c1ccc(Cl)cc1)N(C)c1ccc(C(N)=S)cn1. The van der Waals surface area contributed by atoms with E-state index < -0.39 is 0 Å². The number of thiocarbonyl (C=S) groups is 1. The maximum atomic E-state index is 5.91. The first-order valence-corrected chi connectivity index (χ1v) is 7.02. The minimum absolute atomic E-state index is 0.190. The molecule has 1 atom stereocenters. The molecule has 2 aromatic rings. The molecule has 0 radical (unpaired) electrons. The molecule has 0 spiro atoms. The maximum absolute atomic E-state index is 5.91. The lowest BCUT2D eigenvalue weighted by molar-refractivity contribution is 0.729. The standard InChI is InChI=1S/C15H16ClN3S/c1-10(11-3-6-13(16)7-4-11)19(2)14-8-5-12(9-18-14)15(17)20/h3-10H,1-2H3,(H2,17,20). The van der Waals surface area contributed by atoms with Gasteiger partial charge in [-0.15, -0.1) is 0 Å². The van der Waals surface area contributed by atoms with Crippen LogP contribution >= 0.6 is 23.8 Å². The normalized spacial score (nSPS) is 11.9. The van der Waals surface area contributed by atoms with Crippen LogP contribution in [0.4, 0.5) is 5.82 Å². The summed E-state index contributed by atoms with van der Waals surface area (Å²) in [6.45, 7) is 2.12. The van der Waals surface area contributed by atoms with Crippen LogP contribution in [0.25, 0.3) is 0 Å². The fourth-order valence-electron chi connectivity index (χ4n) is 1.90. The second kappa shape index (κ2) is 6.20. The molecular formula is C15H16ClN3S. The Bertz CT molecular complexity index is 596. The molecule has 2 N–H and O–H groups in total. The van der Waals surface area contributed by atoms with E-state index in [4.69, 9.17) is 29.6 Å². The van der Waals surface area contributed by atoms with Crippen molar-refractivity contribution in [3.63, 3.8) is 0 Å². The van der Waals surface area contributed by atoms with Gasteiger partial charge in [0.05, 0.1) is 6.04 Å². The Morgan fingerprint density at radius 1 is 1.25 bits per heavy atom. The van der Waals surface area contributed by atoms with Gasteiger partial charge >= 0.3 is 0 Å². The van der Waals surface area contributed by atoms with Crippen molar-refractivity contribution < 1.29 is 0 Å². The summed E-state index contributed by atoms with van der Waals surface area (Å²) in [5.74, 6) is 0.868. The van der Waals surface area contributed by atoms with Gasteiger partial charge in [-0.1, -0.05) is 36.0 Å². The van der Waals surface area contributed by atoms with Crippen molar-refractivity contribution in [1.82, 2.24) is 4.98 Å². The van der Waals surface area contributed by atoms with Crippen molar-refractivity contribution in [2.24, 2.45) is 5.73 Å². The van der Waals surface area contributed by atoms with Crippen LogP contribution in [0.1, 0.15) is 24.1 Å². The Labute approximate surface area is 129 Å². The summed E-state index contributed by atoms with van der Waals surface area (Å²) in [7, 11) is 2.00. The molecule has 0 saturated heterocycles. The largest absolute Gasteiger partial charge is 0.389 e. The maximum Gasteiger partial charge on any atom is 0.128 e. The van der Waals surface area contributed by atoms with Gasteiger partial charge in [0.2, 0.25) is 0 Å². The number of nitrogens with zero attached hydrogens (tertiary/aromatic N) is 2. The first kappa shape index (κ1) is 14.8. The van der Waals surface area contributed by atoms with Crippen LogP contribution < -0.4 is 10.6 Å². The van der Waals surface area contributed by atoms with Gasteiger partial charge in [-0.05, 0) is 36.8 Å². The number of benzene rings is 1. The molecule has 2 rings (SSSR count). The van der Waals surface area contributed by atoms with Gasteiger partial charge in [0, 0.05) is 23.8 Å². The molecule has 0 amide bonds. The number of anilines is 1. The van der Waals surface area contributed by atoms with Crippen LogP contribution in [0.15, 0.2) is 42.6 Å². The average Bonchev–Trinajstić information content (AvgIpc) is 2.46. The number of halogens is 1. The molecule has 0 aliphatic heterocycles. The monoisotopic (exact) mass is 305 g/mol. The Hall–Kier alpha value is -1.65. The van der Waals surface area contributed by atoms with Crippen LogP contribution in [-0.4, -0.2) is 17.0 Å². The summed E-state index contributed by atoms with van der Waals surface area (Å²) < 4.78 is 0. The fraction of sp³-hybridized carbons (Fsp3) is 0.200. The molecule has 3 nitrogen and oxygen atoms in total. The lowest BCUT2D eigenvalue weighted by Crippen LogP contribution is -2.22. The summed E-state index contributed by atoms with van der Waals surface area (Å²) in [5, 5.41) is 0.738. The van der Waals surface area contributed by atoms with Crippen molar-refractivity contribution in [3.05, 3.63) is 58.7 Å². The van der Waals surface area contributed by atoms with Gasteiger partial charge < -0.3 is 10.6 Å². The highest BCUT2D eigenvalue weighted by Crippen LogP contribution is 2.24. The summed E-state index contributed by atoms with van der Waals surface area (Å²) in [4.78, 5) is 6.84. The van der Waals surface area contributed by atoms with Gasteiger partial charge in [-0.25, -0.2) is 4.98 Å². The van der Waals surface area contributed by atoms with Crippen molar-refractivity contribution in [1.29, 1.82) is 0 Å². The first-order valence-electron chi connectivity index (χ1n) is 6.23. The van der Waals surface area contributed by atoms with Crippen molar-refractivity contribution >= 4 is 34.6 Å².